The molecule has 1 heterocycles. The lowest BCUT2D eigenvalue weighted by molar-refractivity contribution is -0.141. The van der Waals surface area contributed by atoms with Crippen molar-refractivity contribution in [1.29, 1.82) is 0 Å². The molecule has 0 aliphatic rings. The third kappa shape index (κ3) is 2.94. The molecule has 2 N–H and O–H groups in total. The molecule has 0 spiro atoms. The van der Waals surface area contributed by atoms with E-state index < -0.39 is 0 Å². The summed E-state index contributed by atoms with van der Waals surface area (Å²) < 4.78 is 5.16. The highest BCUT2D eigenvalue weighted by Gasteiger charge is 2.18. The molecule has 0 aromatic carbocycles. The SMILES string of the molecule is COC(=O)CC(CN)c1ncc(Cl)s1. The fraction of sp³-hybridized carbons (Fsp3) is 0.500. The lowest BCUT2D eigenvalue weighted by Gasteiger charge is -2.09. The first-order valence-corrected chi connectivity index (χ1v) is 5.25. The minimum Gasteiger partial charge on any atom is -0.469 e. The average Bonchev–Trinajstić information content (AvgIpc) is 2.60. The van der Waals surface area contributed by atoms with Crippen LogP contribution in [0.4, 0.5) is 0 Å². The Bertz CT molecular complexity index is 316. The molecule has 1 unspecified atom stereocenters. The molecule has 0 saturated carbocycles. The molecule has 0 aliphatic carbocycles. The van der Waals surface area contributed by atoms with E-state index in [1.165, 1.54) is 18.4 Å². The van der Waals surface area contributed by atoms with Gasteiger partial charge in [0.1, 0.15) is 4.34 Å². The summed E-state index contributed by atoms with van der Waals surface area (Å²) in [7, 11) is 1.35. The zero-order chi connectivity index (χ0) is 10.6. The maximum Gasteiger partial charge on any atom is 0.306 e. The number of nitrogens with two attached hydrogens (primary N) is 1. The van der Waals surface area contributed by atoms with E-state index in [1.54, 1.807) is 6.20 Å². The molecule has 0 radical (unpaired) electrons. The van der Waals surface area contributed by atoms with Crippen LogP contribution in [-0.4, -0.2) is 24.6 Å². The number of esters is 1. The predicted molar refractivity (Wildman–Crippen MR) is 55.6 cm³/mol. The fourth-order valence-electron chi connectivity index (χ4n) is 1.01. The van der Waals surface area contributed by atoms with E-state index in [0.29, 0.717) is 10.9 Å². The monoisotopic (exact) mass is 234 g/mol. The molecule has 6 heteroatoms. The normalized spacial score (nSPS) is 12.5. The molecule has 1 aromatic heterocycles. The maximum absolute atomic E-state index is 11.0. The van der Waals surface area contributed by atoms with Gasteiger partial charge in [0.05, 0.1) is 24.7 Å². The number of methoxy groups -OCH3 is 1. The summed E-state index contributed by atoms with van der Waals surface area (Å²) >= 11 is 7.07. The van der Waals surface area contributed by atoms with Gasteiger partial charge in [-0.05, 0) is 0 Å². The van der Waals surface area contributed by atoms with Gasteiger partial charge in [0.2, 0.25) is 0 Å². The van der Waals surface area contributed by atoms with Crippen LogP contribution in [0, 0.1) is 0 Å². The summed E-state index contributed by atoms with van der Waals surface area (Å²) in [6.07, 6.45) is 1.80. The molecule has 1 aromatic rings. The summed E-state index contributed by atoms with van der Waals surface area (Å²) in [6, 6.07) is 0. The number of rotatable bonds is 4. The van der Waals surface area contributed by atoms with Crippen LogP contribution in [0.2, 0.25) is 4.34 Å². The van der Waals surface area contributed by atoms with Gasteiger partial charge < -0.3 is 10.5 Å². The Morgan fingerprint density at radius 3 is 3.00 bits per heavy atom. The molecular formula is C8H11ClN2O2S. The van der Waals surface area contributed by atoms with Crippen LogP contribution in [0.3, 0.4) is 0 Å². The summed E-state index contributed by atoms with van der Waals surface area (Å²) in [6.45, 7) is 0.360. The van der Waals surface area contributed by atoms with Crippen LogP contribution in [0.5, 0.6) is 0 Å². The smallest absolute Gasteiger partial charge is 0.306 e. The summed E-state index contributed by atoms with van der Waals surface area (Å²) in [4.78, 5) is 15.1. The van der Waals surface area contributed by atoms with Gasteiger partial charge in [-0.15, -0.1) is 11.3 Å². The second-order valence-electron chi connectivity index (χ2n) is 2.72. The maximum atomic E-state index is 11.0. The van der Waals surface area contributed by atoms with Gasteiger partial charge in [-0.1, -0.05) is 11.6 Å². The first-order chi connectivity index (χ1) is 6.67. The standard InChI is InChI=1S/C8H11ClN2O2S/c1-13-7(12)2-5(3-10)8-11-4-6(9)14-8/h4-5H,2-3,10H2,1H3. The second-order valence-corrected chi connectivity index (χ2v) is 4.41. The number of aromatic nitrogens is 1. The van der Waals surface area contributed by atoms with E-state index in [2.05, 4.69) is 9.72 Å². The minimum absolute atomic E-state index is 0.0973. The molecule has 0 fully saturated rings. The summed E-state index contributed by atoms with van der Waals surface area (Å²) in [5.74, 6) is -0.383. The molecule has 78 valence electrons. The van der Waals surface area contributed by atoms with Crippen LogP contribution in [-0.2, 0) is 9.53 Å². The molecule has 0 bridgehead atoms. The second kappa shape index (κ2) is 5.29. The summed E-state index contributed by atoms with van der Waals surface area (Å²) in [5, 5.41) is 0.780. The number of ether oxygens (including phenoxy) is 1. The highest BCUT2D eigenvalue weighted by molar-refractivity contribution is 7.15. The van der Waals surface area contributed by atoms with Gasteiger partial charge in [0, 0.05) is 12.5 Å². The van der Waals surface area contributed by atoms with Gasteiger partial charge in [-0.3, -0.25) is 4.79 Å². The van der Waals surface area contributed by atoms with E-state index in [4.69, 9.17) is 17.3 Å². The minimum atomic E-state index is -0.285. The number of thiazole rings is 1. The first-order valence-electron chi connectivity index (χ1n) is 4.05. The number of nitrogens with zero attached hydrogens (tertiary/aromatic N) is 1. The Kier molecular flexibility index (Phi) is 4.31. The molecule has 0 amide bonds. The van der Waals surface area contributed by atoms with Gasteiger partial charge in [-0.25, -0.2) is 4.98 Å². The van der Waals surface area contributed by atoms with Crippen LogP contribution in [0.1, 0.15) is 17.3 Å². The van der Waals surface area contributed by atoms with Crippen molar-refractivity contribution < 1.29 is 9.53 Å². The van der Waals surface area contributed by atoms with Crippen LogP contribution < -0.4 is 5.73 Å². The van der Waals surface area contributed by atoms with Crippen molar-refractivity contribution >= 4 is 28.9 Å². The van der Waals surface area contributed by atoms with E-state index in [1.807, 2.05) is 0 Å². The van der Waals surface area contributed by atoms with Crippen molar-refractivity contribution in [2.45, 2.75) is 12.3 Å². The van der Waals surface area contributed by atoms with Crippen molar-refractivity contribution in [2.24, 2.45) is 5.73 Å². The molecule has 4 nitrogen and oxygen atoms in total. The zero-order valence-corrected chi connectivity index (χ0v) is 9.27. The lowest BCUT2D eigenvalue weighted by Crippen LogP contribution is -2.17. The Morgan fingerprint density at radius 2 is 2.57 bits per heavy atom. The largest absolute Gasteiger partial charge is 0.469 e. The van der Waals surface area contributed by atoms with Crippen molar-refractivity contribution in [2.75, 3.05) is 13.7 Å². The number of hydrogen-bond donors (Lipinski definition) is 1. The van der Waals surface area contributed by atoms with E-state index in [-0.39, 0.29) is 18.3 Å². The molecule has 1 rings (SSSR count). The predicted octanol–water partition coefficient (Wildman–Crippen LogP) is 1.40. The highest BCUT2D eigenvalue weighted by Crippen LogP contribution is 2.26. The zero-order valence-electron chi connectivity index (χ0n) is 7.70. The fourth-order valence-corrected chi connectivity index (χ4v) is 2.05. The number of carbonyl (C=O) groups excluding carboxylic acids is 1. The van der Waals surface area contributed by atoms with E-state index in [9.17, 15) is 4.79 Å². The van der Waals surface area contributed by atoms with Crippen molar-refractivity contribution in [3.63, 3.8) is 0 Å². The third-order valence-corrected chi connectivity index (χ3v) is 3.05. The van der Waals surface area contributed by atoms with Crippen LogP contribution >= 0.6 is 22.9 Å². The molecule has 1 atom stereocenters. The molecular weight excluding hydrogens is 224 g/mol. The summed E-state index contributed by atoms with van der Waals surface area (Å²) in [5.41, 5.74) is 5.53. The Labute approximate surface area is 91.0 Å². The molecule has 14 heavy (non-hydrogen) atoms. The van der Waals surface area contributed by atoms with Crippen molar-refractivity contribution in [3.05, 3.63) is 15.5 Å². The number of halogens is 1. The van der Waals surface area contributed by atoms with Gasteiger partial charge in [-0.2, -0.15) is 0 Å². The average molecular weight is 235 g/mol. The lowest BCUT2D eigenvalue weighted by atomic mass is 10.1. The van der Waals surface area contributed by atoms with Crippen molar-refractivity contribution in [1.82, 2.24) is 4.98 Å². The first kappa shape index (κ1) is 11.4. The van der Waals surface area contributed by atoms with Crippen molar-refractivity contribution in [3.8, 4) is 0 Å². The van der Waals surface area contributed by atoms with Gasteiger partial charge in [0.15, 0.2) is 0 Å². The van der Waals surface area contributed by atoms with Crippen LogP contribution in [0.15, 0.2) is 6.20 Å². The third-order valence-electron chi connectivity index (χ3n) is 1.77. The Balaban J connectivity index is 2.67. The van der Waals surface area contributed by atoms with E-state index in [0.717, 1.165) is 5.01 Å². The van der Waals surface area contributed by atoms with Crippen LogP contribution in [0.25, 0.3) is 0 Å². The number of carbonyl (C=O) groups is 1. The van der Waals surface area contributed by atoms with Gasteiger partial charge >= 0.3 is 5.97 Å². The quantitative estimate of drug-likeness (QED) is 0.800. The highest BCUT2D eigenvalue weighted by atomic mass is 35.5. The Hall–Kier alpha value is -0.650. The molecule has 0 aliphatic heterocycles. The number of hydrogen-bond acceptors (Lipinski definition) is 5. The van der Waals surface area contributed by atoms with Gasteiger partial charge in [0.25, 0.3) is 0 Å². The van der Waals surface area contributed by atoms with E-state index >= 15 is 0 Å². The molecule has 0 saturated heterocycles. The Morgan fingerprint density at radius 1 is 1.86 bits per heavy atom. The topological polar surface area (TPSA) is 65.2 Å².